The molecule has 0 spiro atoms. The number of methoxy groups -OCH3 is 1. The Morgan fingerprint density at radius 3 is 2.37 bits per heavy atom. The Morgan fingerprint density at radius 1 is 1.00 bits per heavy atom. The lowest BCUT2D eigenvalue weighted by Gasteiger charge is -2.28. The fraction of sp³-hybridized carbons (Fsp3) is 0.767. The summed E-state index contributed by atoms with van der Waals surface area (Å²) in [4.78, 5) is 12.3. The van der Waals surface area contributed by atoms with Crippen molar-refractivity contribution in [1.82, 2.24) is 5.32 Å². The molecule has 0 aliphatic carbocycles. The average molecular weight is 538 g/mol. The van der Waals surface area contributed by atoms with Gasteiger partial charge in [-0.1, -0.05) is 40.2 Å². The first-order chi connectivity index (χ1) is 18.2. The van der Waals surface area contributed by atoms with Crippen LogP contribution in [0.15, 0.2) is 18.2 Å². The van der Waals surface area contributed by atoms with Crippen molar-refractivity contribution in [3.63, 3.8) is 0 Å². The van der Waals surface area contributed by atoms with Gasteiger partial charge in [0.25, 0.3) is 0 Å². The molecule has 0 aromatic heterocycles. The van der Waals surface area contributed by atoms with Crippen molar-refractivity contribution in [2.75, 3.05) is 40.0 Å². The van der Waals surface area contributed by atoms with Gasteiger partial charge in [-0.25, -0.2) is 0 Å². The van der Waals surface area contributed by atoms with Crippen LogP contribution in [0.3, 0.4) is 0 Å². The van der Waals surface area contributed by atoms with E-state index in [0.29, 0.717) is 51.7 Å². The molecule has 1 rings (SSSR count). The molecule has 1 aromatic rings. The molecule has 0 fully saturated rings. The number of nitrogens with two attached hydrogens (primary N) is 2. The van der Waals surface area contributed by atoms with E-state index in [2.05, 4.69) is 38.2 Å². The maximum absolute atomic E-state index is 12.3. The molecule has 4 atom stereocenters. The minimum absolute atomic E-state index is 0.0199. The molecule has 8 nitrogen and oxygen atoms in total. The van der Waals surface area contributed by atoms with Crippen LogP contribution >= 0.6 is 0 Å². The van der Waals surface area contributed by atoms with Crippen LogP contribution in [-0.4, -0.2) is 63.2 Å². The van der Waals surface area contributed by atoms with Gasteiger partial charge in [-0.3, -0.25) is 4.79 Å². The number of aliphatic hydroxyl groups is 1. The zero-order valence-corrected chi connectivity index (χ0v) is 24.5. The predicted octanol–water partition coefficient (Wildman–Crippen LogP) is 4.06. The smallest absolute Gasteiger partial charge is 0.222 e. The second kappa shape index (κ2) is 20.1. The lowest BCUT2D eigenvalue weighted by atomic mass is 9.82. The lowest BCUT2D eigenvalue weighted by molar-refractivity contribution is -0.125. The first kappa shape index (κ1) is 34.2. The van der Waals surface area contributed by atoms with E-state index in [1.54, 1.807) is 7.11 Å². The molecule has 6 N–H and O–H groups in total. The molecule has 0 radical (unpaired) electrons. The quantitative estimate of drug-likeness (QED) is 0.164. The molecule has 0 saturated carbocycles. The summed E-state index contributed by atoms with van der Waals surface area (Å²) in [6.07, 6.45) is 5.72. The number of hydrogen-bond donors (Lipinski definition) is 4. The van der Waals surface area contributed by atoms with Gasteiger partial charge in [-0.15, -0.1) is 0 Å². The molecule has 0 saturated heterocycles. The van der Waals surface area contributed by atoms with Crippen molar-refractivity contribution in [3.8, 4) is 11.5 Å². The monoisotopic (exact) mass is 537 g/mol. The largest absolute Gasteiger partial charge is 0.490 e. The van der Waals surface area contributed by atoms with Crippen LogP contribution in [-0.2, 0) is 16.0 Å². The molecule has 220 valence electrons. The summed E-state index contributed by atoms with van der Waals surface area (Å²) >= 11 is 0. The van der Waals surface area contributed by atoms with E-state index >= 15 is 0 Å². The molecule has 0 aliphatic rings. The van der Waals surface area contributed by atoms with Crippen molar-refractivity contribution >= 4 is 5.91 Å². The first-order valence-corrected chi connectivity index (χ1v) is 14.5. The number of unbranched alkanes of at least 4 members (excludes halogenated alkanes) is 2. The maximum atomic E-state index is 12.3. The zero-order valence-electron chi connectivity index (χ0n) is 24.5. The Labute approximate surface area is 231 Å². The molecule has 1 amide bonds. The summed E-state index contributed by atoms with van der Waals surface area (Å²) in [6.45, 7) is 11.4. The molecule has 0 unspecified atom stereocenters. The third kappa shape index (κ3) is 13.8. The number of benzene rings is 1. The number of carbonyl (C=O) groups excluding carboxylic acids is 1. The average Bonchev–Trinajstić information content (AvgIpc) is 2.89. The highest BCUT2D eigenvalue weighted by Crippen LogP contribution is 2.32. The normalized spacial score (nSPS) is 14.7. The SMILES string of the molecule is CCCCNC(=O)[C@H](C)C[C@H](O)[C@@H](N)C[C@H](Cc1ccc(OCCCCN)c(OCCCOC)c1)C(C)C. The second-order valence-corrected chi connectivity index (χ2v) is 10.8. The third-order valence-electron chi connectivity index (χ3n) is 7.00. The fourth-order valence-electron chi connectivity index (χ4n) is 4.33. The zero-order chi connectivity index (χ0) is 28.3. The fourth-order valence-corrected chi connectivity index (χ4v) is 4.33. The summed E-state index contributed by atoms with van der Waals surface area (Å²) in [6, 6.07) is 5.73. The van der Waals surface area contributed by atoms with Gasteiger partial charge in [-0.2, -0.15) is 0 Å². The number of amides is 1. The van der Waals surface area contributed by atoms with Crippen molar-refractivity contribution in [2.45, 2.75) is 91.2 Å². The summed E-state index contributed by atoms with van der Waals surface area (Å²) in [5.74, 6) is 1.82. The Morgan fingerprint density at radius 2 is 1.71 bits per heavy atom. The minimum Gasteiger partial charge on any atom is -0.490 e. The molecule has 0 heterocycles. The highest BCUT2D eigenvalue weighted by Gasteiger charge is 2.26. The van der Waals surface area contributed by atoms with Gasteiger partial charge < -0.3 is 36.1 Å². The number of hydrogen-bond acceptors (Lipinski definition) is 7. The van der Waals surface area contributed by atoms with Gasteiger partial charge in [0.1, 0.15) is 0 Å². The van der Waals surface area contributed by atoms with Crippen molar-refractivity contribution in [2.24, 2.45) is 29.2 Å². The third-order valence-corrected chi connectivity index (χ3v) is 7.00. The van der Waals surface area contributed by atoms with Crippen LogP contribution in [0, 0.1) is 17.8 Å². The van der Waals surface area contributed by atoms with Gasteiger partial charge in [0.05, 0.1) is 19.3 Å². The molecular formula is C30H55N3O5. The number of ether oxygens (including phenoxy) is 3. The van der Waals surface area contributed by atoms with E-state index in [9.17, 15) is 9.90 Å². The topological polar surface area (TPSA) is 129 Å². The predicted molar refractivity (Wildman–Crippen MR) is 155 cm³/mol. The van der Waals surface area contributed by atoms with Gasteiger partial charge >= 0.3 is 0 Å². The van der Waals surface area contributed by atoms with Gasteiger partial charge in [0, 0.05) is 38.6 Å². The molecule has 8 heteroatoms. The van der Waals surface area contributed by atoms with E-state index in [0.717, 1.165) is 55.6 Å². The molecular weight excluding hydrogens is 482 g/mol. The van der Waals surface area contributed by atoms with E-state index in [1.807, 2.05) is 13.0 Å². The lowest BCUT2D eigenvalue weighted by Crippen LogP contribution is -2.41. The van der Waals surface area contributed by atoms with Crippen molar-refractivity contribution in [1.29, 1.82) is 0 Å². The highest BCUT2D eigenvalue weighted by atomic mass is 16.5. The maximum Gasteiger partial charge on any atom is 0.222 e. The van der Waals surface area contributed by atoms with Crippen molar-refractivity contribution < 1.29 is 24.1 Å². The van der Waals surface area contributed by atoms with E-state index in [1.165, 1.54) is 0 Å². The minimum atomic E-state index is -0.729. The van der Waals surface area contributed by atoms with Gasteiger partial charge in [-0.05, 0) is 74.6 Å². The highest BCUT2D eigenvalue weighted by molar-refractivity contribution is 5.78. The summed E-state index contributed by atoms with van der Waals surface area (Å²) < 4.78 is 17.2. The van der Waals surface area contributed by atoms with Gasteiger partial charge in [0.2, 0.25) is 5.91 Å². The van der Waals surface area contributed by atoms with Crippen LogP contribution in [0.1, 0.15) is 78.2 Å². The molecule has 38 heavy (non-hydrogen) atoms. The molecule has 1 aromatic carbocycles. The number of nitrogens with one attached hydrogen (secondary N) is 1. The summed E-state index contributed by atoms with van der Waals surface area (Å²) in [5, 5.41) is 13.7. The second-order valence-electron chi connectivity index (χ2n) is 10.8. The van der Waals surface area contributed by atoms with E-state index in [4.69, 9.17) is 25.7 Å². The Balaban J connectivity index is 2.82. The number of carbonyl (C=O) groups is 1. The summed E-state index contributed by atoms with van der Waals surface area (Å²) in [7, 11) is 1.68. The Bertz CT molecular complexity index is 761. The first-order valence-electron chi connectivity index (χ1n) is 14.5. The Kier molecular flexibility index (Phi) is 18.1. The number of rotatable bonds is 22. The molecule has 0 aliphatic heterocycles. The standard InChI is InChI=1S/C30H55N3O5/c1-6-7-14-33-30(35)23(4)18-27(34)26(32)21-25(22(2)3)19-24-11-12-28(37-16-9-8-13-31)29(20-24)38-17-10-15-36-5/h11-12,20,22-23,25-27,34H,6-10,13-19,21,31-32H2,1-5H3,(H,33,35)/t23-,25+,26+,27+/m1/s1. The van der Waals surface area contributed by atoms with E-state index in [-0.39, 0.29) is 17.7 Å². The number of aliphatic hydroxyl groups excluding tert-OH is 1. The summed E-state index contributed by atoms with van der Waals surface area (Å²) in [5.41, 5.74) is 13.2. The Hall–Kier alpha value is -1.87. The van der Waals surface area contributed by atoms with Crippen LogP contribution in [0.5, 0.6) is 11.5 Å². The van der Waals surface area contributed by atoms with Crippen LogP contribution in [0.2, 0.25) is 0 Å². The van der Waals surface area contributed by atoms with Gasteiger partial charge in [0.15, 0.2) is 11.5 Å². The van der Waals surface area contributed by atoms with Crippen LogP contribution < -0.4 is 26.3 Å². The van der Waals surface area contributed by atoms with Crippen molar-refractivity contribution in [3.05, 3.63) is 23.8 Å². The van der Waals surface area contributed by atoms with Crippen LogP contribution in [0.25, 0.3) is 0 Å². The van der Waals surface area contributed by atoms with Crippen LogP contribution in [0.4, 0.5) is 0 Å². The molecule has 0 bridgehead atoms. The van der Waals surface area contributed by atoms with E-state index < -0.39 is 12.1 Å².